The van der Waals surface area contributed by atoms with E-state index in [0.29, 0.717) is 5.92 Å². The number of ether oxygens (including phenoxy) is 1. The van der Waals surface area contributed by atoms with Gasteiger partial charge in [0.1, 0.15) is 0 Å². The minimum Gasteiger partial charge on any atom is -0.393 e. The van der Waals surface area contributed by atoms with Crippen molar-refractivity contribution < 1.29 is 9.84 Å². The quantitative estimate of drug-likeness (QED) is 0.660. The second-order valence-corrected chi connectivity index (χ2v) is 4.75. The predicted octanol–water partition coefficient (Wildman–Crippen LogP) is 3.13. The molecule has 1 heterocycles. The van der Waals surface area contributed by atoms with Crippen LogP contribution >= 0.6 is 0 Å². The molecule has 1 N–H and O–H groups in total. The number of rotatable bonds is 7. The first-order valence-corrected chi connectivity index (χ1v) is 6.60. The van der Waals surface area contributed by atoms with Gasteiger partial charge in [-0.25, -0.2) is 0 Å². The molecule has 1 aliphatic rings. The van der Waals surface area contributed by atoms with Gasteiger partial charge in [0.15, 0.2) is 0 Å². The molecule has 0 aromatic rings. The van der Waals surface area contributed by atoms with Crippen LogP contribution in [0.1, 0.15) is 58.3 Å². The summed E-state index contributed by atoms with van der Waals surface area (Å²) in [5.74, 6) is 0.407. The first-order chi connectivity index (χ1) is 7.34. The molecule has 0 spiro atoms. The van der Waals surface area contributed by atoms with Crippen molar-refractivity contribution in [2.24, 2.45) is 5.92 Å². The van der Waals surface area contributed by atoms with E-state index in [1.54, 1.807) is 0 Å². The number of hydrogen-bond acceptors (Lipinski definition) is 2. The van der Waals surface area contributed by atoms with Crippen molar-refractivity contribution in [3.63, 3.8) is 0 Å². The molecule has 1 fully saturated rings. The molecule has 0 aliphatic carbocycles. The lowest BCUT2D eigenvalue weighted by Crippen LogP contribution is -2.28. The molecule has 0 aromatic heterocycles. The molecular formula is C13H26O2. The van der Waals surface area contributed by atoms with Gasteiger partial charge in [-0.2, -0.15) is 0 Å². The molecule has 2 atom stereocenters. The van der Waals surface area contributed by atoms with Crippen LogP contribution < -0.4 is 0 Å². The molecule has 1 aliphatic heterocycles. The SMILES string of the molecule is CCCCCCCC(O)C1CCCOC1. The summed E-state index contributed by atoms with van der Waals surface area (Å²) in [6.45, 7) is 3.89. The van der Waals surface area contributed by atoms with E-state index in [1.165, 1.54) is 32.1 Å². The maximum Gasteiger partial charge on any atom is 0.0590 e. The van der Waals surface area contributed by atoms with Crippen molar-refractivity contribution in [2.45, 2.75) is 64.4 Å². The average Bonchev–Trinajstić information content (AvgIpc) is 2.30. The second-order valence-electron chi connectivity index (χ2n) is 4.75. The summed E-state index contributed by atoms with van der Waals surface area (Å²) < 4.78 is 5.39. The predicted molar refractivity (Wildman–Crippen MR) is 62.9 cm³/mol. The first kappa shape index (κ1) is 13.0. The summed E-state index contributed by atoms with van der Waals surface area (Å²) in [5, 5.41) is 9.95. The Morgan fingerprint density at radius 3 is 2.73 bits per heavy atom. The van der Waals surface area contributed by atoms with Crippen molar-refractivity contribution in [3.8, 4) is 0 Å². The fourth-order valence-electron chi connectivity index (χ4n) is 2.26. The Labute approximate surface area is 94.0 Å². The van der Waals surface area contributed by atoms with Gasteiger partial charge in [0, 0.05) is 12.5 Å². The maximum atomic E-state index is 9.95. The Morgan fingerprint density at radius 1 is 1.27 bits per heavy atom. The van der Waals surface area contributed by atoms with Gasteiger partial charge in [-0.05, 0) is 19.3 Å². The maximum absolute atomic E-state index is 9.95. The molecule has 0 radical (unpaired) electrons. The molecule has 90 valence electrons. The fourth-order valence-corrected chi connectivity index (χ4v) is 2.26. The monoisotopic (exact) mass is 214 g/mol. The van der Waals surface area contributed by atoms with Crippen LogP contribution in [0.2, 0.25) is 0 Å². The van der Waals surface area contributed by atoms with Crippen molar-refractivity contribution in [2.75, 3.05) is 13.2 Å². The van der Waals surface area contributed by atoms with Crippen LogP contribution in [0.25, 0.3) is 0 Å². The van der Waals surface area contributed by atoms with Gasteiger partial charge in [-0.15, -0.1) is 0 Å². The largest absolute Gasteiger partial charge is 0.393 e. The lowest BCUT2D eigenvalue weighted by Gasteiger charge is -2.26. The van der Waals surface area contributed by atoms with Crippen LogP contribution in [0.4, 0.5) is 0 Å². The van der Waals surface area contributed by atoms with Gasteiger partial charge < -0.3 is 9.84 Å². The molecule has 2 unspecified atom stereocenters. The minimum atomic E-state index is -0.119. The van der Waals surface area contributed by atoms with E-state index in [1.807, 2.05) is 0 Å². The minimum absolute atomic E-state index is 0.119. The van der Waals surface area contributed by atoms with Crippen LogP contribution in [-0.4, -0.2) is 24.4 Å². The van der Waals surface area contributed by atoms with E-state index in [9.17, 15) is 5.11 Å². The summed E-state index contributed by atoms with van der Waals surface area (Å²) in [5.41, 5.74) is 0. The summed E-state index contributed by atoms with van der Waals surface area (Å²) in [4.78, 5) is 0. The highest BCUT2D eigenvalue weighted by Crippen LogP contribution is 2.21. The third-order valence-corrected chi connectivity index (χ3v) is 3.34. The van der Waals surface area contributed by atoms with Crippen LogP contribution in [0, 0.1) is 5.92 Å². The summed E-state index contributed by atoms with van der Waals surface area (Å²) >= 11 is 0. The van der Waals surface area contributed by atoms with Gasteiger partial charge in [0.05, 0.1) is 12.7 Å². The first-order valence-electron chi connectivity index (χ1n) is 6.60. The normalized spacial score (nSPS) is 24.0. The molecule has 2 heteroatoms. The molecule has 1 rings (SSSR count). The van der Waals surface area contributed by atoms with E-state index >= 15 is 0 Å². The average molecular weight is 214 g/mol. The smallest absolute Gasteiger partial charge is 0.0590 e. The van der Waals surface area contributed by atoms with Crippen LogP contribution in [-0.2, 0) is 4.74 Å². The van der Waals surface area contributed by atoms with Crippen LogP contribution in [0.5, 0.6) is 0 Å². The Morgan fingerprint density at radius 2 is 2.07 bits per heavy atom. The molecular weight excluding hydrogens is 188 g/mol. The van der Waals surface area contributed by atoms with E-state index in [4.69, 9.17) is 4.74 Å². The van der Waals surface area contributed by atoms with Gasteiger partial charge >= 0.3 is 0 Å². The van der Waals surface area contributed by atoms with E-state index < -0.39 is 0 Å². The van der Waals surface area contributed by atoms with Crippen LogP contribution in [0.15, 0.2) is 0 Å². The highest BCUT2D eigenvalue weighted by Gasteiger charge is 2.21. The fraction of sp³-hybridized carbons (Fsp3) is 1.00. The number of aliphatic hydroxyl groups is 1. The molecule has 0 amide bonds. The van der Waals surface area contributed by atoms with Gasteiger partial charge in [0.2, 0.25) is 0 Å². The second kappa shape index (κ2) is 8.12. The van der Waals surface area contributed by atoms with Crippen LogP contribution in [0.3, 0.4) is 0 Å². The number of hydrogen-bond donors (Lipinski definition) is 1. The number of aliphatic hydroxyl groups excluding tert-OH is 1. The summed E-state index contributed by atoms with van der Waals surface area (Å²) in [6.07, 6.45) is 9.53. The standard InChI is InChI=1S/C13H26O2/c1-2-3-4-5-6-9-13(14)12-8-7-10-15-11-12/h12-14H,2-11H2,1H3. The van der Waals surface area contributed by atoms with Crippen molar-refractivity contribution in [1.29, 1.82) is 0 Å². The van der Waals surface area contributed by atoms with Gasteiger partial charge in [-0.1, -0.05) is 39.0 Å². The lowest BCUT2D eigenvalue weighted by molar-refractivity contribution is -0.0126. The zero-order valence-corrected chi connectivity index (χ0v) is 10.1. The Bertz CT molecular complexity index is 141. The molecule has 15 heavy (non-hydrogen) atoms. The third kappa shape index (κ3) is 5.53. The zero-order chi connectivity index (χ0) is 10.9. The molecule has 0 aromatic carbocycles. The van der Waals surface area contributed by atoms with E-state index in [0.717, 1.165) is 32.5 Å². The van der Waals surface area contributed by atoms with Crippen molar-refractivity contribution in [1.82, 2.24) is 0 Å². The highest BCUT2D eigenvalue weighted by molar-refractivity contribution is 4.71. The molecule has 1 saturated heterocycles. The Balaban J connectivity index is 1.99. The number of unbranched alkanes of at least 4 members (excludes halogenated alkanes) is 4. The molecule has 0 saturated carbocycles. The Hall–Kier alpha value is -0.0800. The molecule has 2 nitrogen and oxygen atoms in total. The zero-order valence-electron chi connectivity index (χ0n) is 10.1. The van der Waals surface area contributed by atoms with Crippen molar-refractivity contribution in [3.05, 3.63) is 0 Å². The van der Waals surface area contributed by atoms with Gasteiger partial charge in [0.25, 0.3) is 0 Å². The van der Waals surface area contributed by atoms with Gasteiger partial charge in [-0.3, -0.25) is 0 Å². The summed E-state index contributed by atoms with van der Waals surface area (Å²) in [7, 11) is 0. The topological polar surface area (TPSA) is 29.5 Å². The molecule has 0 bridgehead atoms. The third-order valence-electron chi connectivity index (χ3n) is 3.34. The lowest BCUT2D eigenvalue weighted by atomic mass is 9.92. The van der Waals surface area contributed by atoms with Crippen molar-refractivity contribution >= 4 is 0 Å². The van der Waals surface area contributed by atoms with E-state index in [2.05, 4.69) is 6.92 Å². The summed E-state index contributed by atoms with van der Waals surface area (Å²) in [6, 6.07) is 0. The Kier molecular flexibility index (Phi) is 7.03. The highest BCUT2D eigenvalue weighted by atomic mass is 16.5. The van der Waals surface area contributed by atoms with E-state index in [-0.39, 0.29) is 6.10 Å².